The van der Waals surface area contributed by atoms with Crippen LogP contribution in [-0.4, -0.2) is 74.3 Å². The van der Waals surface area contributed by atoms with Crippen LogP contribution in [-0.2, 0) is 4.79 Å². The minimum absolute atomic E-state index is 0.317. The van der Waals surface area contributed by atoms with Crippen molar-refractivity contribution in [1.29, 1.82) is 0 Å². The lowest BCUT2D eigenvalue weighted by Crippen LogP contribution is -2.47. The molecule has 0 unspecified atom stereocenters. The molecule has 0 atom stereocenters. The van der Waals surface area contributed by atoms with E-state index in [0.29, 0.717) is 73.0 Å². The summed E-state index contributed by atoms with van der Waals surface area (Å²) in [6.45, 7) is 6.17. The average Bonchev–Trinajstić information content (AvgIpc) is 2.93. The Hall–Kier alpha value is -4.25. The molecule has 1 aromatic heterocycles. The molecule has 2 aromatic carbocycles. The third kappa shape index (κ3) is 6.35. The van der Waals surface area contributed by atoms with Crippen molar-refractivity contribution in [2.75, 3.05) is 74.0 Å². The van der Waals surface area contributed by atoms with E-state index in [-0.39, 0.29) is 18.4 Å². The number of benzene rings is 2. The summed E-state index contributed by atoms with van der Waals surface area (Å²) < 4.78 is 33.2. The van der Waals surface area contributed by atoms with Crippen LogP contribution in [0.2, 0.25) is 0 Å². The Morgan fingerprint density at radius 1 is 1.18 bits per heavy atom. The largest absolute Gasteiger partial charge is 0.491 e. The SMILES string of the molecule is C=CC(=O)Nc1cccc(Nc2nc(N(C)c3ccc(N4CCN(CCF)CC4)c(F)c3)ncc2OC)c1. The zero-order chi connectivity index (χ0) is 27.1. The highest BCUT2D eigenvalue weighted by atomic mass is 19.1. The first-order valence-corrected chi connectivity index (χ1v) is 12.2. The Labute approximate surface area is 220 Å². The first kappa shape index (κ1) is 26.8. The molecule has 0 bridgehead atoms. The fourth-order valence-corrected chi connectivity index (χ4v) is 4.17. The van der Waals surface area contributed by atoms with Gasteiger partial charge in [-0.25, -0.2) is 13.8 Å². The van der Waals surface area contributed by atoms with Gasteiger partial charge in [0, 0.05) is 56.8 Å². The van der Waals surface area contributed by atoms with Crippen molar-refractivity contribution in [3.05, 3.63) is 67.1 Å². The molecule has 2 N–H and O–H groups in total. The van der Waals surface area contributed by atoms with Gasteiger partial charge in [-0.05, 0) is 42.5 Å². The van der Waals surface area contributed by atoms with Gasteiger partial charge in [-0.1, -0.05) is 12.6 Å². The molecule has 0 aliphatic carbocycles. The number of hydrogen-bond acceptors (Lipinski definition) is 8. The Morgan fingerprint density at radius 3 is 2.63 bits per heavy atom. The Balaban J connectivity index is 1.51. The van der Waals surface area contributed by atoms with Crippen LogP contribution in [0.1, 0.15) is 0 Å². The zero-order valence-electron chi connectivity index (χ0n) is 21.5. The van der Waals surface area contributed by atoms with Gasteiger partial charge in [0.05, 0.1) is 19.0 Å². The molecule has 9 nitrogen and oxygen atoms in total. The van der Waals surface area contributed by atoms with Crippen LogP contribution in [0.25, 0.3) is 0 Å². The molecule has 1 aliphatic heterocycles. The summed E-state index contributed by atoms with van der Waals surface area (Å²) in [4.78, 5) is 26.3. The Bertz CT molecular complexity index is 1280. The van der Waals surface area contributed by atoms with Gasteiger partial charge >= 0.3 is 0 Å². The lowest BCUT2D eigenvalue weighted by molar-refractivity contribution is -0.111. The number of nitrogens with one attached hydrogen (secondary N) is 2. The molecular weight excluding hydrogens is 492 g/mol. The van der Waals surface area contributed by atoms with Crippen LogP contribution < -0.4 is 25.2 Å². The number of amides is 1. The quantitative estimate of drug-likeness (QED) is 0.380. The minimum Gasteiger partial charge on any atom is -0.491 e. The predicted octanol–water partition coefficient (Wildman–Crippen LogP) is 4.35. The van der Waals surface area contributed by atoms with Gasteiger partial charge in [-0.2, -0.15) is 4.98 Å². The number of halogens is 2. The minimum atomic E-state index is -0.375. The van der Waals surface area contributed by atoms with Crippen LogP contribution in [0.15, 0.2) is 61.3 Å². The molecule has 3 aromatic rings. The second-order valence-electron chi connectivity index (χ2n) is 8.70. The first-order chi connectivity index (χ1) is 18.4. The normalized spacial score (nSPS) is 13.6. The molecule has 1 amide bonds. The number of rotatable bonds is 10. The maximum atomic E-state index is 15.1. The standard InChI is InChI=1S/C27H31F2N7O2/c1-4-25(37)31-19-6-5-7-20(16-19)32-26-24(38-3)18-30-27(33-26)34(2)21-8-9-23(22(29)17-21)36-14-12-35(11-10-28)13-15-36/h4-9,16-18H,1,10-15H2,2-3H3,(H,31,37)(H,30,32,33). The number of hydrogen-bond donors (Lipinski definition) is 2. The summed E-state index contributed by atoms with van der Waals surface area (Å²) in [6, 6.07) is 12.1. The molecule has 0 spiro atoms. The molecule has 200 valence electrons. The summed E-state index contributed by atoms with van der Waals surface area (Å²) in [7, 11) is 3.26. The van der Waals surface area contributed by atoms with E-state index in [0.717, 1.165) is 0 Å². The summed E-state index contributed by atoms with van der Waals surface area (Å²) in [5.74, 6) is 0.480. The number of nitrogens with zero attached hydrogens (tertiary/aromatic N) is 5. The van der Waals surface area contributed by atoms with Gasteiger partial charge in [-0.3, -0.25) is 9.69 Å². The monoisotopic (exact) mass is 523 g/mol. The van der Waals surface area contributed by atoms with Crippen molar-refractivity contribution in [2.24, 2.45) is 0 Å². The van der Waals surface area contributed by atoms with E-state index in [9.17, 15) is 9.18 Å². The van der Waals surface area contributed by atoms with Crippen LogP contribution in [0, 0.1) is 5.82 Å². The Kier molecular flexibility index (Phi) is 8.70. The topological polar surface area (TPSA) is 85.9 Å². The second kappa shape index (κ2) is 12.3. The predicted molar refractivity (Wildman–Crippen MR) is 146 cm³/mol. The van der Waals surface area contributed by atoms with Crippen LogP contribution >= 0.6 is 0 Å². The number of aromatic nitrogens is 2. The average molecular weight is 524 g/mol. The zero-order valence-corrected chi connectivity index (χ0v) is 21.5. The smallest absolute Gasteiger partial charge is 0.247 e. The van der Waals surface area contributed by atoms with Gasteiger partial charge in [-0.15, -0.1) is 0 Å². The van der Waals surface area contributed by atoms with Crippen LogP contribution in [0.3, 0.4) is 0 Å². The van der Waals surface area contributed by atoms with E-state index >= 15 is 4.39 Å². The molecule has 4 rings (SSSR count). The second-order valence-corrected chi connectivity index (χ2v) is 8.70. The summed E-state index contributed by atoms with van der Waals surface area (Å²) in [5, 5.41) is 5.90. The number of methoxy groups -OCH3 is 1. The van der Waals surface area contributed by atoms with Crippen molar-refractivity contribution in [3.63, 3.8) is 0 Å². The molecule has 38 heavy (non-hydrogen) atoms. The van der Waals surface area contributed by atoms with Gasteiger partial charge in [0.15, 0.2) is 11.6 Å². The third-order valence-corrected chi connectivity index (χ3v) is 6.27. The maximum absolute atomic E-state index is 15.1. The highest BCUT2D eigenvalue weighted by molar-refractivity contribution is 5.99. The highest BCUT2D eigenvalue weighted by Crippen LogP contribution is 2.31. The number of ether oxygens (including phenoxy) is 1. The van der Waals surface area contributed by atoms with Crippen molar-refractivity contribution in [1.82, 2.24) is 14.9 Å². The van der Waals surface area contributed by atoms with E-state index < -0.39 is 0 Å². The lowest BCUT2D eigenvalue weighted by Gasteiger charge is -2.36. The van der Waals surface area contributed by atoms with Crippen LogP contribution in [0.5, 0.6) is 5.75 Å². The first-order valence-electron chi connectivity index (χ1n) is 12.2. The molecule has 2 heterocycles. The van der Waals surface area contributed by atoms with Crippen molar-refractivity contribution in [3.8, 4) is 5.75 Å². The summed E-state index contributed by atoms with van der Waals surface area (Å²) in [6.07, 6.45) is 2.73. The summed E-state index contributed by atoms with van der Waals surface area (Å²) >= 11 is 0. The van der Waals surface area contributed by atoms with Gasteiger partial charge in [0.25, 0.3) is 0 Å². The van der Waals surface area contributed by atoms with Gasteiger partial charge in [0.2, 0.25) is 11.9 Å². The number of carbonyl (C=O) groups excluding carboxylic acids is 1. The van der Waals surface area contributed by atoms with E-state index in [1.54, 1.807) is 36.2 Å². The number of piperazine rings is 1. The summed E-state index contributed by atoms with van der Waals surface area (Å²) in [5.41, 5.74) is 2.35. The maximum Gasteiger partial charge on any atom is 0.247 e. The van der Waals surface area contributed by atoms with E-state index in [1.165, 1.54) is 25.4 Å². The van der Waals surface area contributed by atoms with E-state index in [4.69, 9.17) is 4.74 Å². The molecule has 1 aliphatic rings. The van der Waals surface area contributed by atoms with Crippen molar-refractivity contribution in [2.45, 2.75) is 0 Å². The lowest BCUT2D eigenvalue weighted by atomic mass is 10.2. The number of alkyl halides is 1. The fraction of sp³-hybridized carbons (Fsp3) is 0.296. The van der Waals surface area contributed by atoms with E-state index in [1.807, 2.05) is 21.9 Å². The number of anilines is 6. The molecule has 11 heteroatoms. The molecule has 1 fully saturated rings. The molecular formula is C27H31F2N7O2. The highest BCUT2D eigenvalue weighted by Gasteiger charge is 2.21. The van der Waals surface area contributed by atoms with Crippen LogP contribution in [0.4, 0.5) is 43.3 Å². The van der Waals surface area contributed by atoms with Crippen molar-refractivity contribution >= 4 is 40.4 Å². The molecule has 1 saturated heterocycles. The third-order valence-electron chi connectivity index (χ3n) is 6.27. The van der Waals surface area contributed by atoms with Gasteiger partial charge < -0.3 is 25.2 Å². The van der Waals surface area contributed by atoms with Crippen molar-refractivity contribution < 1.29 is 18.3 Å². The van der Waals surface area contributed by atoms with Gasteiger partial charge in [0.1, 0.15) is 12.5 Å². The van der Waals surface area contributed by atoms with E-state index in [2.05, 4.69) is 27.2 Å². The fourth-order valence-electron chi connectivity index (χ4n) is 4.17. The Morgan fingerprint density at radius 2 is 1.95 bits per heavy atom. The molecule has 0 radical (unpaired) electrons. The molecule has 0 saturated carbocycles. The number of carbonyl (C=O) groups is 1.